The minimum atomic E-state index is 0.0883. The molecule has 6 nitrogen and oxygen atoms in total. The van der Waals surface area contributed by atoms with E-state index in [2.05, 4.69) is 158 Å². The third kappa shape index (κ3) is 11.2. The van der Waals surface area contributed by atoms with Crippen LogP contribution in [0.2, 0.25) is 0 Å². The predicted octanol–water partition coefficient (Wildman–Crippen LogP) is 13.8. The van der Waals surface area contributed by atoms with Crippen LogP contribution in [0.5, 0.6) is 0 Å². The summed E-state index contributed by atoms with van der Waals surface area (Å²) >= 11 is 0. The summed E-state index contributed by atoms with van der Waals surface area (Å²) in [6.07, 6.45) is 3.89. The van der Waals surface area contributed by atoms with Crippen LogP contribution < -0.4 is 9.80 Å². The van der Waals surface area contributed by atoms with Crippen LogP contribution in [-0.2, 0) is 20.3 Å². The normalized spacial score (nSPS) is 11.0. The second-order valence-corrected chi connectivity index (χ2v) is 15.6. The van der Waals surface area contributed by atoms with Crippen LogP contribution >= 0.6 is 0 Å². The monoisotopic (exact) mass is 776 g/mol. The zero-order chi connectivity index (χ0) is 42.3. The molecule has 0 amide bonds. The molecule has 0 spiro atoms. The Morgan fingerprint density at radius 1 is 0.431 bits per heavy atom. The Bertz CT molecular complexity index is 2010. The second-order valence-electron chi connectivity index (χ2n) is 15.6. The summed E-state index contributed by atoms with van der Waals surface area (Å²) in [5.41, 5.74) is 12.1. The molecule has 0 atom stereocenters. The Morgan fingerprint density at radius 2 is 0.707 bits per heavy atom. The number of hydrogen-bond donors (Lipinski definition) is 0. The number of aldehydes is 2. The highest BCUT2D eigenvalue weighted by molar-refractivity contribution is 5.85. The molecular weight excluding hydrogens is 717 g/mol. The van der Waals surface area contributed by atoms with Crippen molar-refractivity contribution in [1.82, 2.24) is 0 Å². The van der Waals surface area contributed by atoms with Crippen molar-refractivity contribution in [3.63, 3.8) is 0 Å². The molecule has 0 unspecified atom stereocenters. The van der Waals surface area contributed by atoms with Crippen LogP contribution in [0.15, 0.2) is 146 Å². The average Bonchev–Trinajstić information content (AvgIpc) is 3.25. The van der Waals surface area contributed by atoms with Gasteiger partial charge in [0.25, 0.3) is 0 Å². The SMILES string of the molecule is CCC(C)(C)c1ccc(N(c2ccc(-c3ccc(N(c4ccc(C(C)(C)CC)cc4)c4cccc(C=O)c4)cc3)cc2)c2cccc(C=O)c2)cc1.COC.COC. The lowest BCUT2D eigenvalue weighted by Crippen LogP contribution is -2.16. The number of carbonyl (C=O) groups is 2. The number of ether oxygens (including phenoxy) is 2. The Kier molecular flexibility index (Phi) is 16.3. The van der Waals surface area contributed by atoms with Crippen molar-refractivity contribution in [3.05, 3.63) is 168 Å². The van der Waals surface area contributed by atoms with Crippen LogP contribution in [0.4, 0.5) is 34.1 Å². The van der Waals surface area contributed by atoms with Gasteiger partial charge >= 0.3 is 0 Å². The first kappa shape index (κ1) is 44.9. The standard InChI is InChI=1S/C48H48N2O2.2C2H6O/c1-7-47(3,4)39-19-27-43(28-20-39)49(45-13-9-11-35(31-45)33-51)41-23-15-37(16-24-41)38-17-25-42(26-18-38)50(46-14-10-12-36(32-46)34-52)44-29-21-40(22-30-44)48(5,6)8-2;2*1-3-2/h9-34H,7-8H2,1-6H3;2*1-2H3. The van der Waals surface area contributed by atoms with Crippen LogP contribution in [0.3, 0.4) is 0 Å². The number of methoxy groups -OCH3 is 2. The van der Waals surface area contributed by atoms with Crippen molar-refractivity contribution in [2.75, 3.05) is 38.2 Å². The first-order chi connectivity index (χ1) is 27.9. The predicted molar refractivity (Wildman–Crippen MR) is 245 cm³/mol. The summed E-state index contributed by atoms with van der Waals surface area (Å²) in [7, 11) is 6.50. The Balaban J connectivity index is 0.00000117. The third-order valence-corrected chi connectivity index (χ3v) is 10.7. The third-order valence-electron chi connectivity index (χ3n) is 10.7. The number of rotatable bonds is 13. The van der Waals surface area contributed by atoms with E-state index in [9.17, 15) is 9.59 Å². The Morgan fingerprint density at radius 3 is 0.966 bits per heavy atom. The zero-order valence-corrected chi connectivity index (χ0v) is 36.0. The Labute approximate surface area is 347 Å². The molecule has 6 aromatic carbocycles. The van der Waals surface area contributed by atoms with Crippen molar-refractivity contribution in [1.29, 1.82) is 0 Å². The van der Waals surface area contributed by atoms with Crippen LogP contribution in [0.1, 0.15) is 86.2 Å². The highest BCUT2D eigenvalue weighted by atomic mass is 16.5. The molecule has 6 rings (SSSR count). The number of carbonyl (C=O) groups excluding carboxylic acids is 2. The molecule has 58 heavy (non-hydrogen) atoms. The molecular formula is C52H60N2O4. The van der Waals surface area contributed by atoms with Crippen molar-refractivity contribution >= 4 is 46.7 Å². The number of benzene rings is 6. The van der Waals surface area contributed by atoms with E-state index >= 15 is 0 Å². The Hall–Kier alpha value is -5.82. The van der Waals surface area contributed by atoms with Gasteiger partial charge in [-0.25, -0.2) is 0 Å². The maximum Gasteiger partial charge on any atom is 0.150 e. The van der Waals surface area contributed by atoms with E-state index in [4.69, 9.17) is 0 Å². The molecule has 0 saturated heterocycles. The molecule has 302 valence electrons. The van der Waals surface area contributed by atoms with E-state index in [1.165, 1.54) is 11.1 Å². The molecule has 0 aromatic heterocycles. The molecule has 0 bridgehead atoms. The second kappa shape index (κ2) is 21.1. The van der Waals surface area contributed by atoms with Crippen LogP contribution in [0, 0.1) is 0 Å². The lowest BCUT2D eigenvalue weighted by atomic mass is 9.82. The molecule has 0 saturated carbocycles. The molecule has 0 aliphatic carbocycles. The molecule has 0 radical (unpaired) electrons. The fraction of sp³-hybridized carbons (Fsp3) is 0.269. The topological polar surface area (TPSA) is 59.1 Å². The van der Waals surface area contributed by atoms with Gasteiger partial charge < -0.3 is 19.3 Å². The smallest absolute Gasteiger partial charge is 0.150 e. The fourth-order valence-corrected chi connectivity index (χ4v) is 6.51. The van der Waals surface area contributed by atoms with Crippen molar-refractivity contribution < 1.29 is 19.1 Å². The van der Waals surface area contributed by atoms with E-state index < -0.39 is 0 Å². The van der Waals surface area contributed by atoms with Crippen LogP contribution in [0.25, 0.3) is 11.1 Å². The minimum absolute atomic E-state index is 0.0883. The highest BCUT2D eigenvalue weighted by Crippen LogP contribution is 2.40. The van der Waals surface area contributed by atoms with Crippen molar-refractivity contribution in [3.8, 4) is 11.1 Å². The highest BCUT2D eigenvalue weighted by Gasteiger charge is 2.21. The van der Waals surface area contributed by atoms with Gasteiger partial charge in [0, 0.05) is 73.7 Å². The summed E-state index contributed by atoms with van der Waals surface area (Å²) in [5.74, 6) is 0. The van der Waals surface area contributed by atoms with Gasteiger partial charge in [-0.3, -0.25) is 9.59 Å². The van der Waals surface area contributed by atoms with Gasteiger partial charge in [0.05, 0.1) is 0 Å². The van der Waals surface area contributed by atoms with E-state index in [1.54, 1.807) is 28.4 Å². The molecule has 6 aromatic rings. The maximum absolute atomic E-state index is 11.7. The lowest BCUT2D eigenvalue weighted by Gasteiger charge is -2.28. The summed E-state index contributed by atoms with van der Waals surface area (Å²) in [5, 5.41) is 0. The summed E-state index contributed by atoms with van der Waals surface area (Å²) < 4.78 is 8.50. The molecule has 0 N–H and O–H groups in total. The molecule has 6 heteroatoms. The average molecular weight is 777 g/mol. The van der Waals surface area contributed by atoms with E-state index in [-0.39, 0.29) is 10.8 Å². The summed E-state index contributed by atoms with van der Waals surface area (Å²) in [6, 6.07) is 50.1. The molecule has 0 heterocycles. The van der Waals surface area contributed by atoms with E-state index in [0.717, 1.165) is 70.7 Å². The minimum Gasteiger partial charge on any atom is -0.388 e. The molecule has 0 aliphatic heterocycles. The zero-order valence-electron chi connectivity index (χ0n) is 36.0. The van der Waals surface area contributed by atoms with Crippen molar-refractivity contribution in [2.45, 2.75) is 65.2 Å². The van der Waals surface area contributed by atoms with Gasteiger partial charge in [-0.05, 0) is 119 Å². The lowest BCUT2D eigenvalue weighted by molar-refractivity contribution is 0.111. The number of nitrogens with zero attached hydrogens (tertiary/aromatic N) is 2. The summed E-state index contributed by atoms with van der Waals surface area (Å²) in [4.78, 5) is 27.8. The van der Waals surface area contributed by atoms with E-state index in [1.807, 2.05) is 48.5 Å². The maximum atomic E-state index is 11.7. The van der Waals surface area contributed by atoms with Crippen molar-refractivity contribution in [2.24, 2.45) is 0 Å². The number of anilines is 6. The van der Waals surface area contributed by atoms with Crippen LogP contribution in [-0.4, -0.2) is 41.0 Å². The first-order valence-electron chi connectivity index (χ1n) is 19.8. The van der Waals surface area contributed by atoms with Gasteiger partial charge in [-0.15, -0.1) is 0 Å². The quantitative estimate of drug-likeness (QED) is 0.109. The number of hydrogen-bond acceptors (Lipinski definition) is 6. The van der Waals surface area contributed by atoms with E-state index in [0.29, 0.717) is 11.1 Å². The fourth-order valence-electron chi connectivity index (χ4n) is 6.51. The molecule has 0 fully saturated rings. The first-order valence-corrected chi connectivity index (χ1v) is 19.8. The van der Waals surface area contributed by atoms with Gasteiger partial charge in [-0.2, -0.15) is 0 Å². The van der Waals surface area contributed by atoms with Gasteiger partial charge in [0.2, 0.25) is 0 Å². The van der Waals surface area contributed by atoms with Gasteiger partial charge in [0.1, 0.15) is 12.6 Å². The van der Waals surface area contributed by atoms with Gasteiger partial charge in [-0.1, -0.05) is 114 Å². The largest absolute Gasteiger partial charge is 0.388 e. The van der Waals surface area contributed by atoms with Gasteiger partial charge in [0.15, 0.2) is 0 Å². The summed E-state index contributed by atoms with van der Waals surface area (Å²) in [6.45, 7) is 13.5. The molecule has 0 aliphatic rings.